The van der Waals surface area contributed by atoms with Crippen LogP contribution in [0.1, 0.15) is 51.0 Å². The normalized spacial score (nSPS) is 27.7. The minimum Gasteiger partial charge on any atom is -0.370 e. The van der Waals surface area contributed by atoms with Gasteiger partial charge in [0.2, 0.25) is 5.91 Å². The lowest BCUT2D eigenvalue weighted by Gasteiger charge is -2.37. The minimum atomic E-state index is -0.284. The summed E-state index contributed by atoms with van der Waals surface area (Å²) in [4.78, 5) is 25.6. The Bertz CT molecular complexity index is 559. The van der Waals surface area contributed by atoms with E-state index in [1.165, 1.54) is 6.42 Å². The summed E-state index contributed by atoms with van der Waals surface area (Å²) in [5.74, 6) is -0.0939. The predicted octanol–water partition coefficient (Wildman–Crippen LogP) is 1.66. The number of carbonyl (C=O) groups is 2. The number of hydrogen-bond acceptors (Lipinski definition) is 3. The lowest BCUT2D eigenvalue weighted by molar-refractivity contribution is -0.119. The van der Waals surface area contributed by atoms with Crippen molar-refractivity contribution in [2.45, 2.75) is 57.0 Å². The fourth-order valence-electron chi connectivity index (χ4n) is 4.02. The van der Waals surface area contributed by atoms with Crippen molar-refractivity contribution < 1.29 is 9.59 Å². The molecule has 3 atom stereocenters. The predicted molar refractivity (Wildman–Crippen MR) is 90.2 cm³/mol. The van der Waals surface area contributed by atoms with Gasteiger partial charge in [-0.25, -0.2) is 4.79 Å². The Balaban J connectivity index is 1.59. The van der Waals surface area contributed by atoms with Crippen LogP contribution >= 0.6 is 0 Å². The maximum Gasteiger partial charge on any atom is 0.317 e. The van der Waals surface area contributed by atoms with Crippen LogP contribution < -0.4 is 11.1 Å². The van der Waals surface area contributed by atoms with Crippen LogP contribution in [0.5, 0.6) is 0 Å². The molecule has 1 saturated heterocycles. The van der Waals surface area contributed by atoms with E-state index in [0.717, 1.165) is 38.6 Å². The summed E-state index contributed by atoms with van der Waals surface area (Å²) in [7, 11) is 0. The van der Waals surface area contributed by atoms with Crippen LogP contribution in [0, 0.1) is 5.92 Å². The van der Waals surface area contributed by atoms with E-state index in [9.17, 15) is 9.59 Å². The first kappa shape index (κ1) is 16.8. The molecule has 3 rings (SSSR count). The fourth-order valence-corrected chi connectivity index (χ4v) is 4.02. The summed E-state index contributed by atoms with van der Waals surface area (Å²) in [5.41, 5.74) is 5.30. The number of nitrogens with zero attached hydrogens (tertiary/aromatic N) is 3. The van der Waals surface area contributed by atoms with Gasteiger partial charge in [0.15, 0.2) is 0 Å². The molecule has 2 fully saturated rings. The molecule has 1 aliphatic heterocycles. The third-order valence-electron chi connectivity index (χ3n) is 5.20. The maximum absolute atomic E-state index is 12.7. The second-order valence-corrected chi connectivity index (χ2v) is 7.02. The fraction of sp³-hybridized carbons (Fsp3) is 0.706. The van der Waals surface area contributed by atoms with E-state index in [-0.39, 0.29) is 29.9 Å². The van der Waals surface area contributed by atoms with Crippen molar-refractivity contribution in [1.82, 2.24) is 20.0 Å². The first-order valence-corrected chi connectivity index (χ1v) is 8.96. The summed E-state index contributed by atoms with van der Waals surface area (Å²) < 4.78 is 1.97. The van der Waals surface area contributed by atoms with Crippen LogP contribution in [0.2, 0.25) is 0 Å². The number of aromatic nitrogens is 2. The number of amides is 3. The van der Waals surface area contributed by atoms with Crippen molar-refractivity contribution in [1.29, 1.82) is 0 Å². The Morgan fingerprint density at radius 3 is 2.79 bits per heavy atom. The lowest BCUT2D eigenvalue weighted by Crippen LogP contribution is -2.51. The number of nitrogens with one attached hydrogen (secondary N) is 1. The van der Waals surface area contributed by atoms with Crippen LogP contribution in [0.15, 0.2) is 18.5 Å². The van der Waals surface area contributed by atoms with Gasteiger partial charge >= 0.3 is 6.03 Å². The van der Waals surface area contributed by atoms with Gasteiger partial charge in [0.1, 0.15) is 0 Å². The van der Waals surface area contributed by atoms with Crippen molar-refractivity contribution in [3.05, 3.63) is 18.5 Å². The highest BCUT2D eigenvalue weighted by Crippen LogP contribution is 2.28. The Morgan fingerprint density at radius 1 is 1.21 bits per heavy atom. The van der Waals surface area contributed by atoms with Gasteiger partial charge in [0, 0.05) is 31.9 Å². The number of urea groups is 1. The number of carbonyl (C=O) groups excluding carboxylic acids is 2. The quantitative estimate of drug-likeness (QED) is 0.877. The van der Waals surface area contributed by atoms with Gasteiger partial charge < -0.3 is 16.0 Å². The van der Waals surface area contributed by atoms with Gasteiger partial charge in [-0.05, 0) is 37.7 Å². The SMILES string of the molecule is NC(=O)CC1CCCN(C(=O)NC2CCCCC2n2cccn2)C1. The van der Waals surface area contributed by atoms with Crippen LogP contribution in [-0.2, 0) is 4.79 Å². The van der Waals surface area contributed by atoms with Crippen LogP contribution in [0.25, 0.3) is 0 Å². The molecular formula is C17H27N5O2. The summed E-state index contributed by atoms with van der Waals surface area (Å²) in [6.45, 7) is 1.37. The molecule has 1 saturated carbocycles. The van der Waals surface area contributed by atoms with Gasteiger partial charge in [-0.1, -0.05) is 12.8 Å². The molecule has 1 aliphatic carbocycles. The number of rotatable bonds is 4. The molecule has 1 aromatic heterocycles. The van der Waals surface area contributed by atoms with Gasteiger partial charge in [0.25, 0.3) is 0 Å². The third kappa shape index (κ3) is 4.07. The summed E-state index contributed by atoms with van der Waals surface area (Å²) in [6.07, 6.45) is 10.3. The Labute approximate surface area is 142 Å². The average Bonchev–Trinajstić information content (AvgIpc) is 3.09. The van der Waals surface area contributed by atoms with E-state index in [2.05, 4.69) is 10.4 Å². The zero-order valence-electron chi connectivity index (χ0n) is 14.1. The number of piperidine rings is 1. The van der Waals surface area contributed by atoms with E-state index < -0.39 is 0 Å². The minimum absolute atomic E-state index is 0.0202. The van der Waals surface area contributed by atoms with Crippen molar-refractivity contribution in [2.24, 2.45) is 11.7 Å². The molecule has 132 valence electrons. The molecule has 1 aromatic rings. The molecule has 3 unspecified atom stereocenters. The van der Waals surface area contributed by atoms with E-state index in [1.807, 2.05) is 21.8 Å². The molecule has 3 amide bonds. The van der Waals surface area contributed by atoms with E-state index >= 15 is 0 Å². The number of hydrogen-bond donors (Lipinski definition) is 2. The number of primary amides is 1. The van der Waals surface area contributed by atoms with Crippen molar-refractivity contribution in [3.8, 4) is 0 Å². The lowest BCUT2D eigenvalue weighted by atomic mass is 9.90. The second kappa shape index (κ2) is 7.68. The Hall–Kier alpha value is -2.05. The maximum atomic E-state index is 12.7. The van der Waals surface area contributed by atoms with Gasteiger partial charge in [-0.2, -0.15) is 5.10 Å². The highest BCUT2D eigenvalue weighted by Gasteiger charge is 2.31. The molecule has 2 heterocycles. The Morgan fingerprint density at radius 2 is 2.04 bits per heavy atom. The molecular weight excluding hydrogens is 306 g/mol. The topological polar surface area (TPSA) is 93.3 Å². The summed E-state index contributed by atoms with van der Waals surface area (Å²) >= 11 is 0. The van der Waals surface area contributed by atoms with Crippen molar-refractivity contribution >= 4 is 11.9 Å². The molecule has 0 bridgehead atoms. The highest BCUT2D eigenvalue weighted by molar-refractivity contribution is 5.76. The molecule has 7 heteroatoms. The van der Waals surface area contributed by atoms with Gasteiger partial charge in [-0.15, -0.1) is 0 Å². The third-order valence-corrected chi connectivity index (χ3v) is 5.20. The van der Waals surface area contributed by atoms with Crippen LogP contribution in [0.4, 0.5) is 4.79 Å². The summed E-state index contributed by atoms with van der Waals surface area (Å²) in [6, 6.07) is 2.24. The molecule has 0 aromatic carbocycles. The smallest absolute Gasteiger partial charge is 0.317 e. The monoisotopic (exact) mass is 333 g/mol. The second-order valence-electron chi connectivity index (χ2n) is 7.02. The summed E-state index contributed by atoms with van der Waals surface area (Å²) in [5, 5.41) is 7.57. The zero-order valence-corrected chi connectivity index (χ0v) is 14.1. The molecule has 3 N–H and O–H groups in total. The number of likely N-dealkylation sites (tertiary alicyclic amines) is 1. The van der Waals surface area contributed by atoms with E-state index in [4.69, 9.17) is 5.73 Å². The molecule has 24 heavy (non-hydrogen) atoms. The van der Waals surface area contributed by atoms with Gasteiger partial charge in [-0.3, -0.25) is 9.48 Å². The van der Waals surface area contributed by atoms with Crippen LogP contribution in [0.3, 0.4) is 0 Å². The number of nitrogens with two attached hydrogens (primary N) is 1. The van der Waals surface area contributed by atoms with Crippen molar-refractivity contribution in [3.63, 3.8) is 0 Å². The van der Waals surface area contributed by atoms with Gasteiger partial charge in [0.05, 0.1) is 12.1 Å². The standard InChI is InChI=1S/C17H27N5O2/c18-16(23)11-13-5-3-9-21(12-13)17(24)20-14-6-1-2-7-15(14)22-10-4-8-19-22/h4,8,10,13-15H,1-3,5-7,9,11-12H2,(H2,18,23)(H,20,24). The molecule has 2 aliphatic rings. The first-order valence-electron chi connectivity index (χ1n) is 8.96. The molecule has 7 nitrogen and oxygen atoms in total. The molecule has 0 radical (unpaired) electrons. The van der Waals surface area contributed by atoms with Crippen molar-refractivity contribution in [2.75, 3.05) is 13.1 Å². The van der Waals surface area contributed by atoms with E-state index in [0.29, 0.717) is 13.0 Å². The first-order chi connectivity index (χ1) is 11.6. The largest absolute Gasteiger partial charge is 0.370 e. The highest BCUT2D eigenvalue weighted by atomic mass is 16.2. The average molecular weight is 333 g/mol. The molecule has 0 spiro atoms. The van der Waals surface area contributed by atoms with E-state index in [1.54, 1.807) is 6.20 Å². The Kier molecular flexibility index (Phi) is 5.37. The zero-order chi connectivity index (χ0) is 16.9. The van der Waals surface area contributed by atoms with Crippen LogP contribution in [-0.4, -0.2) is 45.8 Å².